The van der Waals surface area contributed by atoms with Crippen molar-refractivity contribution in [3.63, 3.8) is 0 Å². The van der Waals surface area contributed by atoms with Crippen molar-refractivity contribution in [1.29, 1.82) is 0 Å². The van der Waals surface area contributed by atoms with Crippen LogP contribution in [0.5, 0.6) is 0 Å². The van der Waals surface area contributed by atoms with Gasteiger partial charge in [0.1, 0.15) is 6.54 Å². The van der Waals surface area contributed by atoms with Crippen LogP contribution in [0.4, 0.5) is 5.69 Å². The van der Waals surface area contributed by atoms with Gasteiger partial charge in [0.05, 0.1) is 16.2 Å². The van der Waals surface area contributed by atoms with Gasteiger partial charge in [-0.15, -0.1) is 11.3 Å². The van der Waals surface area contributed by atoms with E-state index in [0.29, 0.717) is 19.6 Å². The van der Waals surface area contributed by atoms with Crippen LogP contribution in [0.15, 0.2) is 29.5 Å². The Kier molecular flexibility index (Phi) is 6.16. The summed E-state index contributed by atoms with van der Waals surface area (Å²) in [5.74, 6) is 0.842. The standard InChI is InChI=1S/C17H23ClN6OS/c1-3-19-17(20-7-6-14-4-5-15(18)26-14)23-8-9-24(16(25)12-23)13-10-21-22(2)11-13/h4-5,10-11H,3,6-9,12H2,1-2H3,(H,19,20). The highest BCUT2D eigenvalue weighted by Crippen LogP contribution is 2.21. The van der Waals surface area contributed by atoms with Crippen LogP contribution in [0.1, 0.15) is 11.8 Å². The quantitative estimate of drug-likeness (QED) is 0.622. The monoisotopic (exact) mass is 394 g/mol. The van der Waals surface area contributed by atoms with E-state index in [1.165, 1.54) is 4.88 Å². The fraction of sp³-hybridized carbons (Fsp3) is 0.471. The number of amides is 1. The molecule has 140 valence electrons. The Bertz CT molecular complexity index is 786. The lowest BCUT2D eigenvalue weighted by Gasteiger charge is -2.35. The van der Waals surface area contributed by atoms with Gasteiger partial charge in [0.25, 0.3) is 0 Å². The second-order valence-electron chi connectivity index (χ2n) is 6.03. The van der Waals surface area contributed by atoms with Crippen molar-refractivity contribution >= 4 is 40.5 Å². The number of carbonyl (C=O) groups is 1. The number of piperazine rings is 1. The third-order valence-corrected chi connectivity index (χ3v) is 5.40. The molecule has 1 aliphatic rings. The molecule has 9 heteroatoms. The lowest BCUT2D eigenvalue weighted by molar-refractivity contribution is -0.120. The molecular weight excluding hydrogens is 372 g/mol. The molecule has 0 aromatic carbocycles. The second kappa shape index (κ2) is 8.55. The molecule has 0 saturated carbocycles. The molecule has 0 radical (unpaired) electrons. The maximum absolute atomic E-state index is 12.6. The third kappa shape index (κ3) is 4.56. The number of halogens is 1. The summed E-state index contributed by atoms with van der Waals surface area (Å²) in [6.07, 6.45) is 4.42. The van der Waals surface area contributed by atoms with Crippen LogP contribution in [0.25, 0.3) is 0 Å². The minimum absolute atomic E-state index is 0.0555. The Morgan fingerprint density at radius 1 is 1.42 bits per heavy atom. The van der Waals surface area contributed by atoms with E-state index in [1.807, 2.05) is 37.2 Å². The number of hydrogen-bond acceptors (Lipinski definition) is 4. The first kappa shape index (κ1) is 18.7. The number of guanidine groups is 1. The van der Waals surface area contributed by atoms with Gasteiger partial charge < -0.3 is 15.1 Å². The molecule has 0 atom stereocenters. The fourth-order valence-corrected chi connectivity index (χ4v) is 3.93. The van der Waals surface area contributed by atoms with Gasteiger partial charge in [-0.2, -0.15) is 5.10 Å². The molecule has 0 unspecified atom stereocenters. The Labute approximate surface area is 162 Å². The predicted octanol–water partition coefficient (Wildman–Crippen LogP) is 1.99. The zero-order chi connectivity index (χ0) is 18.5. The van der Waals surface area contributed by atoms with E-state index in [9.17, 15) is 4.79 Å². The van der Waals surface area contributed by atoms with E-state index in [4.69, 9.17) is 11.6 Å². The number of hydrogen-bond donors (Lipinski definition) is 1. The number of thiophene rings is 1. The van der Waals surface area contributed by atoms with Crippen molar-refractivity contribution in [2.45, 2.75) is 13.3 Å². The Morgan fingerprint density at radius 3 is 2.88 bits per heavy atom. The summed E-state index contributed by atoms with van der Waals surface area (Å²) in [5.41, 5.74) is 0.841. The fourth-order valence-electron chi connectivity index (χ4n) is 2.86. The number of carbonyl (C=O) groups excluding carboxylic acids is 1. The molecule has 1 fully saturated rings. The highest BCUT2D eigenvalue weighted by Gasteiger charge is 2.27. The molecule has 1 amide bonds. The van der Waals surface area contributed by atoms with Gasteiger partial charge in [0.15, 0.2) is 5.96 Å². The van der Waals surface area contributed by atoms with Crippen molar-refractivity contribution in [1.82, 2.24) is 20.0 Å². The molecule has 3 rings (SSSR count). The summed E-state index contributed by atoms with van der Waals surface area (Å²) in [7, 11) is 1.85. The average Bonchev–Trinajstić information content (AvgIpc) is 3.22. The van der Waals surface area contributed by atoms with Crippen molar-refractivity contribution < 1.29 is 4.79 Å². The van der Waals surface area contributed by atoms with E-state index in [1.54, 1.807) is 27.1 Å². The van der Waals surface area contributed by atoms with Gasteiger partial charge in [-0.3, -0.25) is 14.5 Å². The normalized spacial score (nSPS) is 15.7. The lowest BCUT2D eigenvalue weighted by Crippen LogP contribution is -2.55. The molecule has 0 aliphatic carbocycles. The van der Waals surface area contributed by atoms with Crippen LogP contribution in [-0.4, -0.2) is 59.3 Å². The van der Waals surface area contributed by atoms with Crippen LogP contribution in [-0.2, 0) is 18.3 Å². The molecule has 2 aromatic heterocycles. The minimum Gasteiger partial charge on any atom is -0.357 e. The van der Waals surface area contributed by atoms with Gasteiger partial charge in [-0.25, -0.2) is 0 Å². The molecule has 1 N–H and O–H groups in total. The molecule has 2 aromatic rings. The number of rotatable bonds is 5. The van der Waals surface area contributed by atoms with Crippen molar-refractivity contribution in [3.05, 3.63) is 33.7 Å². The SMILES string of the molecule is CCNC(=NCCc1ccc(Cl)s1)N1CCN(c2cnn(C)c2)C(=O)C1. The summed E-state index contributed by atoms with van der Waals surface area (Å²) in [6.45, 7) is 5.12. The zero-order valence-electron chi connectivity index (χ0n) is 15.0. The summed E-state index contributed by atoms with van der Waals surface area (Å²) < 4.78 is 2.50. The molecule has 1 aliphatic heterocycles. The average molecular weight is 395 g/mol. The van der Waals surface area contributed by atoms with Crippen molar-refractivity contribution in [2.24, 2.45) is 12.0 Å². The highest BCUT2D eigenvalue weighted by molar-refractivity contribution is 7.16. The molecule has 7 nitrogen and oxygen atoms in total. The minimum atomic E-state index is 0.0555. The van der Waals surface area contributed by atoms with Crippen LogP contribution >= 0.6 is 22.9 Å². The molecule has 0 spiro atoms. The van der Waals surface area contributed by atoms with Crippen LogP contribution in [0.2, 0.25) is 4.34 Å². The number of anilines is 1. The Balaban J connectivity index is 1.61. The highest BCUT2D eigenvalue weighted by atomic mass is 35.5. The first-order valence-electron chi connectivity index (χ1n) is 8.63. The summed E-state index contributed by atoms with van der Waals surface area (Å²) in [4.78, 5) is 22.3. The molecule has 26 heavy (non-hydrogen) atoms. The largest absolute Gasteiger partial charge is 0.357 e. The van der Waals surface area contributed by atoms with E-state index in [-0.39, 0.29) is 5.91 Å². The molecule has 1 saturated heterocycles. The summed E-state index contributed by atoms with van der Waals surface area (Å²) in [6, 6.07) is 3.94. The number of nitrogens with zero attached hydrogens (tertiary/aromatic N) is 5. The zero-order valence-corrected chi connectivity index (χ0v) is 16.6. The molecule has 3 heterocycles. The van der Waals surface area contributed by atoms with Gasteiger partial charge in [0, 0.05) is 50.7 Å². The number of aliphatic imine (C=N–C) groups is 1. The third-order valence-electron chi connectivity index (χ3n) is 4.11. The number of aryl methyl sites for hydroxylation is 1. The van der Waals surface area contributed by atoms with E-state index < -0.39 is 0 Å². The van der Waals surface area contributed by atoms with Gasteiger partial charge in [-0.05, 0) is 19.1 Å². The van der Waals surface area contributed by atoms with Crippen LogP contribution < -0.4 is 10.2 Å². The summed E-state index contributed by atoms with van der Waals surface area (Å²) >= 11 is 7.55. The number of aromatic nitrogens is 2. The van der Waals surface area contributed by atoms with E-state index in [2.05, 4.69) is 15.4 Å². The smallest absolute Gasteiger partial charge is 0.246 e. The van der Waals surface area contributed by atoms with Crippen molar-refractivity contribution in [2.75, 3.05) is 37.6 Å². The van der Waals surface area contributed by atoms with E-state index in [0.717, 1.165) is 35.5 Å². The Morgan fingerprint density at radius 2 is 2.27 bits per heavy atom. The van der Waals surface area contributed by atoms with Crippen LogP contribution in [0, 0.1) is 0 Å². The summed E-state index contributed by atoms with van der Waals surface area (Å²) in [5, 5.41) is 7.43. The molecular formula is C17H23ClN6OS. The lowest BCUT2D eigenvalue weighted by atomic mass is 10.3. The van der Waals surface area contributed by atoms with E-state index >= 15 is 0 Å². The second-order valence-corrected chi connectivity index (χ2v) is 7.83. The number of nitrogens with one attached hydrogen (secondary N) is 1. The first-order chi connectivity index (χ1) is 12.6. The predicted molar refractivity (Wildman–Crippen MR) is 106 cm³/mol. The molecule has 0 bridgehead atoms. The van der Waals surface area contributed by atoms with Gasteiger partial charge >= 0.3 is 0 Å². The van der Waals surface area contributed by atoms with Crippen molar-refractivity contribution in [3.8, 4) is 0 Å². The maximum atomic E-state index is 12.6. The van der Waals surface area contributed by atoms with Gasteiger partial charge in [0.2, 0.25) is 5.91 Å². The maximum Gasteiger partial charge on any atom is 0.246 e. The first-order valence-corrected chi connectivity index (χ1v) is 9.82. The van der Waals surface area contributed by atoms with Gasteiger partial charge in [-0.1, -0.05) is 11.6 Å². The Hall–Kier alpha value is -2.06. The topological polar surface area (TPSA) is 65.8 Å². The van der Waals surface area contributed by atoms with Crippen LogP contribution in [0.3, 0.4) is 0 Å².